The van der Waals surface area contributed by atoms with Crippen LogP contribution in [0.3, 0.4) is 0 Å². The van der Waals surface area contributed by atoms with Crippen molar-refractivity contribution in [3.63, 3.8) is 0 Å². The number of carbonyl (C=O) groups is 1. The Hall–Kier alpha value is -2.06. The lowest BCUT2D eigenvalue weighted by Crippen LogP contribution is -2.37. The fraction of sp³-hybridized carbons (Fsp3) is 0.429. The van der Waals surface area contributed by atoms with E-state index in [1.807, 2.05) is 6.07 Å². The van der Waals surface area contributed by atoms with E-state index in [4.69, 9.17) is 5.26 Å². The molecule has 0 aromatic heterocycles. The molecule has 1 aromatic rings. The highest BCUT2D eigenvalue weighted by molar-refractivity contribution is 5.90. The number of nitrogens with one attached hydrogen (secondary N) is 2. The molecule has 5 nitrogen and oxygen atoms in total. The summed E-state index contributed by atoms with van der Waals surface area (Å²) in [5.41, 5.74) is 0.992. The molecule has 0 saturated heterocycles. The van der Waals surface area contributed by atoms with E-state index in [0.29, 0.717) is 17.8 Å². The standard InChI is InChI=1S/C14H20N4O/c1-3-18(4-2)10-9-16-14(19)17-13-8-6-5-7-12(13)11-15/h5-8H,3-4,9-10H2,1-2H3,(H2,16,17,19). The molecule has 1 aromatic carbocycles. The van der Waals surface area contributed by atoms with Crippen LogP contribution < -0.4 is 10.6 Å². The van der Waals surface area contributed by atoms with Crippen LogP contribution in [0.25, 0.3) is 0 Å². The van der Waals surface area contributed by atoms with E-state index in [1.165, 1.54) is 0 Å². The molecule has 0 fully saturated rings. The second-order valence-electron chi connectivity index (χ2n) is 4.07. The highest BCUT2D eigenvalue weighted by Crippen LogP contribution is 2.12. The van der Waals surface area contributed by atoms with Crippen molar-refractivity contribution in [3.8, 4) is 6.07 Å². The molecule has 1 rings (SSSR count). The number of rotatable bonds is 6. The first-order chi connectivity index (χ1) is 9.21. The van der Waals surface area contributed by atoms with Crippen molar-refractivity contribution >= 4 is 11.7 Å². The molecule has 19 heavy (non-hydrogen) atoms. The van der Waals surface area contributed by atoms with Crippen LogP contribution in [0.2, 0.25) is 0 Å². The number of nitriles is 1. The van der Waals surface area contributed by atoms with Crippen molar-refractivity contribution in [2.45, 2.75) is 13.8 Å². The highest BCUT2D eigenvalue weighted by Gasteiger charge is 2.05. The van der Waals surface area contributed by atoms with Crippen LogP contribution in [0, 0.1) is 11.3 Å². The molecule has 0 unspecified atom stereocenters. The van der Waals surface area contributed by atoms with E-state index in [2.05, 4.69) is 29.4 Å². The van der Waals surface area contributed by atoms with Gasteiger partial charge < -0.3 is 15.5 Å². The van der Waals surface area contributed by atoms with Gasteiger partial charge in [-0.2, -0.15) is 5.26 Å². The predicted molar refractivity (Wildman–Crippen MR) is 76.0 cm³/mol. The number of anilines is 1. The summed E-state index contributed by atoms with van der Waals surface area (Å²) < 4.78 is 0. The minimum Gasteiger partial charge on any atom is -0.337 e. The maximum atomic E-state index is 11.7. The van der Waals surface area contributed by atoms with Crippen molar-refractivity contribution in [2.24, 2.45) is 0 Å². The lowest BCUT2D eigenvalue weighted by Gasteiger charge is -2.18. The van der Waals surface area contributed by atoms with Crippen LogP contribution in [-0.4, -0.2) is 37.1 Å². The van der Waals surface area contributed by atoms with Gasteiger partial charge in [0.2, 0.25) is 0 Å². The summed E-state index contributed by atoms with van der Waals surface area (Å²) in [6.07, 6.45) is 0. The zero-order valence-electron chi connectivity index (χ0n) is 11.4. The van der Waals surface area contributed by atoms with Gasteiger partial charge in [-0.25, -0.2) is 4.79 Å². The number of hydrogen-bond donors (Lipinski definition) is 2. The van der Waals surface area contributed by atoms with E-state index in [0.717, 1.165) is 19.6 Å². The van der Waals surface area contributed by atoms with Gasteiger partial charge in [0.1, 0.15) is 6.07 Å². The fourth-order valence-electron chi connectivity index (χ4n) is 1.72. The van der Waals surface area contributed by atoms with Crippen molar-refractivity contribution in [1.82, 2.24) is 10.2 Å². The smallest absolute Gasteiger partial charge is 0.319 e. The molecule has 0 spiro atoms. The highest BCUT2D eigenvalue weighted by atomic mass is 16.2. The first-order valence-electron chi connectivity index (χ1n) is 6.47. The molecule has 2 amide bonds. The minimum absolute atomic E-state index is 0.283. The number of nitrogens with zero attached hydrogens (tertiary/aromatic N) is 2. The normalized spacial score (nSPS) is 10.0. The Labute approximate surface area is 114 Å². The molecule has 2 N–H and O–H groups in total. The number of carbonyl (C=O) groups excluding carboxylic acids is 1. The Kier molecular flexibility index (Phi) is 6.41. The summed E-state index contributed by atoms with van der Waals surface area (Å²) in [4.78, 5) is 13.9. The molecule has 0 atom stereocenters. The Morgan fingerprint density at radius 3 is 2.63 bits per heavy atom. The predicted octanol–water partition coefficient (Wildman–Crippen LogP) is 2.02. The molecule has 0 aliphatic carbocycles. The number of amides is 2. The zero-order valence-corrected chi connectivity index (χ0v) is 11.4. The summed E-state index contributed by atoms with van der Waals surface area (Å²) in [7, 11) is 0. The van der Waals surface area contributed by atoms with E-state index >= 15 is 0 Å². The van der Waals surface area contributed by atoms with Crippen LogP contribution in [-0.2, 0) is 0 Å². The summed E-state index contributed by atoms with van der Waals surface area (Å²) in [6.45, 7) is 7.52. The SMILES string of the molecule is CCN(CC)CCNC(=O)Nc1ccccc1C#N. The molecular weight excluding hydrogens is 240 g/mol. The Bertz CT molecular complexity index is 449. The summed E-state index contributed by atoms with van der Waals surface area (Å²) in [5.74, 6) is 0. The minimum atomic E-state index is -0.283. The van der Waals surface area contributed by atoms with Crippen molar-refractivity contribution < 1.29 is 4.79 Å². The molecular formula is C14H20N4O. The number of likely N-dealkylation sites (N-methyl/N-ethyl adjacent to an activating group) is 1. The van der Waals surface area contributed by atoms with Gasteiger partial charge in [-0.3, -0.25) is 0 Å². The molecule has 5 heteroatoms. The third-order valence-electron chi connectivity index (χ3n) is 2.90. The van der Waals surface area contributed by atoms with E-state index in [9.17, 15) is 4.79 Å². The van der Waals surface area contributed by atoms with Gasteiger partial charge in [-0.1, -0.05) is 26.0 Å². The van der Waals surface area contributed by atoms with Crippen LogP contribution in [0.15, 0.2) is 24.3 Å². The van der Waals surface area contributed by atoms with Crippen LogP contribution >= 0.6 is 0 Å². The third kappa shape index (κ3) is 4.98. The number of hydrogen-bond acceptors (Lipinski definition) is 3. The van der Waals surface area contributed by atoms with Crippen molar-refractivity contribution in [1.29, 1.82) is 5.26 Å². The van der Waals surface area contributed by atoms with Gasteiger partial charge >= 0.3 is 6.03 Å². The Balaban J connectivity index is 2.41. The Morgan fingerprint density at radius 2 is 2.00 bits per heavy atom. The van der Waals surface area contributed by atoms with Crippen molar-refractivity contribution in [2.75, 3.05) is 31.5 Å². The third-order valence-corrected chi connectivity index (χ3v) is 2.90. The second kappa shape index (κ2) is 8.11. The van der Waals surface area contributed by atoms with E-state index < -0.39 is 0 Å². The van der Waals surface area contributed by atoms with Crippen LogP contribution in [0.1, 0.15) is 19.4 Å². The largest absolute Gasteiger partial charge is 0.337 e. The van der Waals surface area contributed by atoms with Gasteiger partial charge in [-0.15, -0.1) is 0 Å². The van der Waals surface area contributed by atoms with E-state index in [-0.39, 0.29) is 6.03 Å². The maximum Gasteiger partial charge on any atom is 0.319 e. The molecule has 0 aliphatic rings. The maximum absolute atomic E-state index is 11.7. The summed E-state index contributed by atoms with van der Waals surface area (Å²) in [6, 6.07) is 8.69. The average Bonchev–Trinajstić information content (AvgIpc) is 2.44. The summed E-state index contributed by atoms with van der Waals surface area (Å²) in [5, 5.41) is 14.4. The first kappa shape index (κ1) is 15.0. The van der Waals surface area contributed by atoms with E-state index in [1.54, 1.807) is 24.3 Å². The van der Waals surface area contributed by atoms with Gasteiger partial charge in [0.15, 0.2) is 0 Å². The number of para-hydroxylation sites is 1. The van der Waals surface area contributed by atoms with Crippen LogP contribution in [0.5, 0.6) is 0 Å². The fourth-order valence-corrected chi connectivity index (χ4v) is 1.72. The second-order valence-corrected chi connectivity index (χ2v) is 4.07. The Morgan fingerprint density at radius 1 is 1.32 bits per heavy atom. The average molecular weight is 260 g/mol. The molecule has 0 radical (unpaired) electrons. The quantitative estimate of drug-likeness (QED) is 0.822. The first-order valence-corrected chi connectivity index (χ1v) is 6.47. The van der Waals surface area contributed by atoms with Gasteiger partial charge in [0.05, 0.1) is 11.3 Å². The molecule has 0 heterocycles. The lowest BCUT2D eigenvalue weighted by molar-refractivity contribution is 0.248. The van der Waals surface area contributed by atoms with Gasteiger partial charge in [0, 0.05) is 13.1 Å². The molecule has 0 saturated carbocycles. The van der Waals surface area contributed by atoms with Crippen molar-refractivity contribution in [3.05, 3.63) is 29.8 Å². The number of benzene rings is 1. The molecule has 0 aliphatic heterocycles. The van der Waals surface area contributed by atoms with Gasteiger partial charge in [-0.05, 0) is 25.2 Å². The molecule has 0 bridgehead atoms. The van der Waals surface area contributed by atoms with Crippen LogP contribution in [0.4, 0.5) is 10.5 Å². The van der Waals surface area contributed by atoms with Gasteiger partial charge in [0.25, 0.3) is 0 Å². The topological polar surface area (TPSA) is 68.2 Å². The zero-order chi connectivity index (χ0) is 14.1. The molecule has 102 valence electrons. The monoisotopic (exact) mass is 260 g/mol. The number of urea groups is 1. The lowest BCUT2D eigenvalue weighted by atomic mass is 10.2. The summed E-state index contributed by atoms with van der Waals surface area (Å²) >= 11 is 0.